The molecular weight excluding hydrogens is 202 g/mol. The molecule has 2 heterocycles. The van der Waals surface area contributed by atoms with Crippen molar-refractivity contribution < 1.29 is 4.74 Å². The van der Waals surface area contributed by atoms with Crippen LogP contribution in [0.3, 0.4) is 0 Å². The molecule has 1 aliphatic heterocycles. The van der Waals surface area contributed by atoms with E-state index in [2.05, 4.69) is 16.8 Å². The van der Waals surface area contributed by atoms with Crippen LogP contribution >= 0.6 is 0 Å². The second-order valence-corrected chi connectivity index (χ2v) is 3.86. The van der Waals surface area contributed by atoms with E-state index in [1.807, 2.05) is 12.1 Å². The molecule has 1 atom stereocenters. The van der Waals surface area contributed by atoms with Gasteiger partial charge >= 0.3 is 0 Å². The van der Waals surface area contributed by atoms with Gasteiger partial charge in [-0.1, -0.05) is 6.92 Å². The van der Waals surface area contributed by atoms with Gasteiger partial charge in [0.15, 0.2) is 0 Å². The number of morpholine rings is 1. The van der Waals surface area contributed by atoms with Crippen LogP contribution < -0.4 is 4.90 Å². The van der Waals surface area contributed by atoms with E-state index in [1.54, 1.807) is 12.3 Å². The second-order valence-electron chi connectivity index (χ2n) is 3.86. The number of anilines is 1. The predicted octanol–water partition coefficient (Wildman–Crippen LogP) is 1.57. The number of aromatic nitrogens is 1. The smallest absolute Gasteiger partial charge is 0.140 e. The zero-order chi connectivity index (χ0) is 11.4. The molecule has 1 fully saturated rings. The largest absolute Gasteiger partial charge is 0.375 e. The fourth-order valence-electron chi connectivity index (χ4n) is 1.84. The maximum atomic E-state index is 8.67. The zero-order valence-electron chi connectivity index (χ0n) is 9.39. The van der Waals surface area contributed by atoms with Crippen molar-refractivity contribution in [1.82, 2.24) is 4.98 Å². The predicted molar refractivity (Wildman–Crippen MR) is 61.2 cm³/mol. The van der Waals surface area contributed by atoms with E-state index in [9.17, 15) is 0 Å². The van der Waals surface area contributed by atoms with Gasteiger partial charge in [0.05, 0.1) is 24.6 Å². The van der Waals surface area contributed by atoms with Crippen molar-refractivity contribution in [3.05, 3.63) is 24.0 Å². The lowest BCUT2D eigenvalue weighted by molar-refractivity contribution is 0.0384. The summed E-state index contributed by atoms with van der Waals surface area (Å²) in [6, 6.07) is 5.73. The van der Waals surface area contributed by atoms with Gasteiger partial charge in [-0.15, -0.1) is 0 Å². The Morgan fingerprint density at radius 2 is 2.50 bits per heavy atom. The minimum atomic E-state index is 0.310. The Balaban J connectivity index is 2.08. The lowest BCUT2D eigenvalue weighted by Gasteiger charge is -2.33. The summed E-state index contributed by atoms with van der Waals surface area (Å²) in [5.41, 5.74) is 1.53. The monoisotopic (exact) mass is 217 g/mol. The van der Waals surface area contributed by atoms with Crippen LogP contribution in [-0.2, 0) is 4.74 Å². The van der Waals surface area contributed by atoms with Crippen molar-refractivity contribution in [3.8, 4) is 6.07 Å². The summed E-state index contributed by atoms with van der Waals surface area (Å²) < 4.78 is 5.61. The maximum absolute atomic E-state index is 8.67. The first-order valence-corrected chi connectivity index (χ1v) is 5.56. The molecule has 1 aromatic heterocycles. The molecule has 4 heteroatoms. The topological polar surface area (TPSA) is 49.2 Å². The minimum absolute atomic E-state index is 0.310. The SMILES string of the molecule is CCC1CN(c2ccc(C#N)nc2)CCO1. The van der Waals surface area contributed by atoms with Crippen LogP contribution in [0.2, 0.25) is 0 Å². The Labute approximate surface area is 95.5 Å². The fraction of sp³-hybridized carbons (Fsp3) is 0.500. The fourth-order valence-corrected chi connectivity index (χ4v) is 1.84. The summed E-state index contributed by atoms with van der Waals surface area (Å²) in [5, 5.41) is 8.67. The number of nitriles is 1. The summed E-state index contributed by atoms with van der Waals surface area (Å²) in [5.74, 6) is 0. The Bertz CT molecular complexity index is 382. The van der Waals surface area contributed by atoms with Crippen molar-refractivity contribution in [3.63, 3.8) is 0 Å². The third-order valence-electron chi connectivity index (χ3n) is 2.82. The summed E-state index contributed by atoms with van der Waals surface area (Å²) in [4.78, 5) is 6.34. The molecule has 16 heavy (non-hydrogen) atoms. The van der Waals surface area contributed by atoms with E-state index in [0.717, 1.165) is 31.8 Å². The van der Waals surface area contributed by atoms with Gasteiger partial charge in [-0.25, -0.2) is 4.98 Å². The third-order valence-corrected chi connectivity index (χ3v) is 2.82. The number of ether oxygens (including phenoxy) is 1. The molecule has 0 spiro atoms. The van der Waals surface area contributed by atoms with Gasteiger partial charge in [-0.05, 0) is 18.6 Å². The van der Waals surface area contributed by atoms with Crippen LogP contribution in [0.15, 0.2) is 18.3 Å². The van der Waals surface area contributed by atoms with Crippen molar-refractivity contribution in [2.75, 3.05) is 24.6 Å². The molecule has 0 radical (unpaired) electrons. The average molecular weight is 217 g/mol. The number of rotatable bonds is 2. The molecule has 2 rings (SSSR count). The third kappa shape index (κ3) is 2.31. The van der Waals surface area contributed by atoms with Crippen LogP contribution in [-0.4, -0.2) is 30.8 Å². The summed E-state index contributed by atoms with van der Waals surface area (Å²) >= 11 is 0. The maximum Gasteiger partial charge on any atom is 0.140 e. The second kappa shape index (κ2) is 4.95. The number of hydrogen-bond acceptors (Lipinski definition) is 4. The first kappa shape index (κ1) is 10.9. The number of nitrogens with zero attached hydrogens (tertiary/aromatic N) is 3. The van der Waals surface area contributed by atoms with Gasteiger partial charge in [0.25, 0.3) is 0 Å². The van der Waals surface area contributed by atoms with Gasteiger partial charge in [0.1, 0.15) is 11.8 Å². The van der Waals surface area contributed by atoms with Crippen LogP contribution in [0.4, 0.5) is 5.69 Å². The molecule has 0 amide bonds. The Hall–Kier alpha value is -1.60. The average Bonchev–Trinajstić information content (AvgIpc) is 2.39. The molecule has 84 valence electrons. The normalized spacial score (nSPS) is 20.5. The number of hydrogen-bond donors (Lipinski definition) is 0. The molecule has 0 aliphatic carbocycles. The molecule has 1 aromatic rings. The van der Waals surface area contributed by atoms with E-state index in [0.29, 0.717) is 11.8 Å². The molecule has 0 aromatic carbocycles. The molecule has 1 unspecified atom stereocenters. The van der Waals surface area contributed by atoms with E-state index in [-0.39, 0.29) is 0 Å². The number of pyridine rings is 1. The first-order valence-electron chi connectivity index (χ1n) is 5.56. The standard InChI is InChI=1S/C12H15N3O/c1-2-12-9-15(5-6-16-12)11-4-3-10(7-13)14-8-11/h3-4,8,12H,2,5-6,9H2,1H3. The molecule has 4 nitrogen and oxygen atoms in total. The van der Waals surface area contributed by atoms with Gasteiger partial charge in [-0.3, -0.25) is 0 Å². The molecule has 0 bridgehead atoms. The highest BCUT2D eigenvalue weighted by Crippen LogP contribution is 2.17. The van der Waals surface area contributed by atoms with E-state index < -0.39 is 0 Å². The zero-order valence-corrected chi connectivity index (χ0v) is 9.39. The van der Waals surface area contributed by atoms with Crippen LogP contribution in [0.5, 0.6) is 0 Å². The van der Waals surface area contributed by atoms with Crippen LogP contribution in [0.1, 0.15) is 19.0 Å². The lowest BCUT2D eigenvalue weighted by atomic mass is 10.2. The molecule has 1 saturated heterocycles. The van der Waals surface area contributed by atoms with Crippen molar-refractivity contribution in [1.29, 1.82) is 5.26 Å². The van der Waals surface area contributed by atoms with Crippen molar-refractivity contribution in [2.24, 2.45) is 0 Å². The van der Waals surface area contributed by atoms with Crippen LogP contribution in [0.25, 0.3) is 0 Å². The summed E-state index contributed by atoms with van der Waals surface area (Å²) in [7, 11) is 0. The van der Waals surface area contributed by atoms with Gasteiger partial charge in [-0.2, -0.15) is 5.26 Å². The van der Waals surface area contributed by atoms with Crippen molar-refractivity contribution >= 4 is 5.69 Å². The molecule has 0 saturated carbocycles. The Kier molecular flexibility index (Phi) is 3.37. The van der Waals surface area contributed by atoms with E-state index in [1.165, 1.54) is 0 Å². The molecular formula is C12H15N3O. The summed E-state index contributed by atoms with van der Waals surface area (Å²) in [6.45, 7) is 4.69. The van der Waals surface area contributed by atoms with E-state index >= 15 is 0 Å². The highest BCUT2D eigenvalue weighted by Gasteiger charge is 2.19. The highest BCUT2D eigenvalue weighted by atomic mass is 16.5. The van der Waals surface area contributed by atoms with Gasteiger partial charge < -0.3 is 9.64 Å². The summed E-state index contributed by atoms with van der Waals surface area (Å²) in [6.07, 6.45) is 3.10. The Morgan fingerprint density at radius 3 is 3.12 bits per heavy atom. The Morgan fingerprint density at radius 1 is 1.62 bits per heavy atom. The highest BCUT2D eigenvalue weighted by molar-refractivity contribution is 5.46. The molecule has 1 aliphatic rings. The first-order chi connectivity index (χ1) is 7.83. The van der Waals surface area contributed by atoms with E-state index in [4.69, 9.17) is 10.00 Å². The lowest BCUT2D eigenvalue weighted by Crippen LogP contribution is -2.42. The minimum Gasteiger partial charge on any atom is -0.375 e. The molecule has 0 N–H and O–H groups in total. The quantitative estimate of drug-likeness (QED) is 0.754. The van der Waals surface area contributed by atoms with Gasteiger partial charge in [0, 0.05) is 13.1 Å². The van der Waals surface area contributed by atoms with Crippen molar-refractivity contribution in [2.45, 2.75) is 19.4 Å². The van der Waals surface area contributed by atoms with Gasteiger partial charge in [0.2, 0.25) is 0 Å². The van der Waals surface area contributed by atoms with Crippen LogP contribution in [0, 0.1) is 11.3 Å².